The number of hydrogen-bond donors (Lipinski definition) is 1. The van der Waals surface area contributed by atoms with Crippen molar-refractivity contribution in [2.45, 2.75) is 6.42 Å². The van der Waals surface area contributed by atoms with Gasteiger partial charge in [-0.15, -0.1) is 0 Å². The fraction of sp³-hybridized carbons (Fsp3) is 0.400. The van der Waals surface area contributed by atoms with Crippen molar-refractivity contribution in [3.63, 3.8) is 0 Å². The second-order valence-corrected chi connectivity index (χ2v) is 6.33. The first-order valence-electron chi connectivity index (χ1n) is 5.27. The Labute approximate surface area is 110 Å². The molecule has 0 aliphatic carbocycles. The third-order valence-electron chi connectivity index (χ3n) is 2.66. The molecular formula is C10H12ClN3O3S. The van der Waals surface area contributed by atoms with E-state index in [0.29, 0.717) is 17.4 Å². The average Bonchev–Trinajstić information content (AvgIpc) is 2.58. The molecule has 0 spiro atoms. The second-order valence-electron chi connectivity index (χ2n) is 4.24. The van der Waals surface area contributed by atoms with Gasteiger partial charge in [-0.05, 0) is 12.1 Å². The van der Waals surface area contributed by atoms with Crippen molar-refractivity contribution in [2.75, 3.05) is 17.2 Å². The zero-order chi connectivity index (χ0) is 13.3. The van der Waals surface area contributed by atoms with E-state index in [9.17, 15) is 13.2 Å². The third-order valence-corrected chi connectivity index (χ3v) is 3.82. The molecule has 1 aliphatic rings. The van der Waals surface area contributed by atoms with Crippen molar-refractivity contribution in [2.24, 2.45) is 11.1 Å². The predicted octanol–water partition coefficient (Wildman–Crippen LogP) is 0.376. The highest BCUT2D eigenvalue weighted by atomic mass is 35.5. The number of rotatable bonds is 3. The molecule has 1 aromatic heterocycles. The highest BCUT2D eigenvalue weighted by Crippen LogP contribution is 2.24. The summed E-state index contributed by atoms with van der Waals surface area (Å²) in [6.07, 6.45) is 1.61. The van der Waals surface area contributed by atoms with Gasteiger partial charge in [-0.25, -0.2) is 18.5 Å². The van der Waals surface area contributed by atoms with Crippen molar-refractivity contribution in [1.29, 1.82) is 0 Å². The number of amides is 1. The minimum atomic E-state index is -3.56. The van der Waals surface area contributed by atoms with Gasteiger partial charge in [-0.3, -0.25) is 9.69 Å². The molecule has 1 aliphatic heterocycles. The van der Waals surface area contributed by atoms with E-state index >= 15 is 0 Å². The van der Waals surface area contributed by atoms with Crippen molar-refractivity contribution in [3.05, 3.63) is 23.4 Å². The molecule has 6 nitrogen and oxygen atoms in total. The second kappa shape index (κ2) is 4.83. The number of pyridine rings is 1. The number of halogens is 1. The van der Waals surface area contributed by atoms with Crippen LogP contribution in [0.25, 0.3) is 0 Å². The van der Waals surface area contributed by atoms with Crippen LogP contribution in [0.2, 0.25) is 5.02 Å². The number of sulfonamides is 1. The minimum Gasteiger partial charge on any atom is -0.296 e. The van der Waals surface area contributed by atoms with Gasteiger partial charge in [0.05, 0.1) is 10.8 Å². The lowest BCUT2D eigenvalue weighted by atomic mass is 10.1. The lowest BCUT2D eigenvalue weighted by Gasteiger charge is -2.15. The molecule has 8 heteroatoms. The zero-order valence-corrected chi connectivity index (χ0v) is 11.0. The van der Waals surface area contributed by atoms with Crippen LogP contribution in [0.5, 0.6) is 0 Å². The summed E-state index contributed by atoms with van der Waals surface area (Å²) in [7, 11) is -3.56. The predicted molar refractivity (Wildman–Crippen MR) is 67.7 cm³/mol. The summed E-state index contributed by atoms with van der Waals surface area (Å²) in [4.78, 5) is 17.3. The Morgan fingerprint density at radius 3 is 2.78 bits per heavy atom. The quantitative estimate of drug-likeness (QED) is 0.870. The molecule has 1 fully saturated rings. The summed E-state index contributed by atoms with van der Waals surface area (Å²) >= 11 is 5.71. The molecule has 1 saturated heterocycles. The summed E-state index contributed by atoms with van der Waals surface area (Å²) in [6, 6.07) is 3.25. The van der Waals surface area contributed by atoms with Crippen LogP contribution in [-0.4, -0.2) is 31.6 Å². The molecule has 0 bridgehead atoms. The van der Waals surface area contributed by atoms with E-state index in [-0.39, 0.29) is 24.0 Å². The Kier molecular flexibility index (Phi) is 3.56. The summed E-state index contributed by atoms with van der Waals surface area (Å²) < 4.78 is 22.0. The van der Waals surface area contributed by atoms with Gasteiger partial charge in [0.1, 0.15) is 5.82 Å². The number of nitrogens with zero attached hydrogens (tertiary/aromatic N) is 2. The summed E-state index contributed by atoms with van der Waals surface area (Å²) in [5.41, 5.74) is 0. The van der Waals surface area contributed by atoms with Gasteiger partial charge in [-0.2, -0.15) is 0 Å². The molecule has 0 aromatic carbocycles. The maximum atomic E-state index is 11.8. The summed E-state index contributed by atoms with van der Waals surface area (Å²) in [5, 5.41) is 5.45. The summed E-state index contributed by atoms with van der Waals surface area (Å²) in [6.45, 7) is 0.309. The molecule has 2 rings (SSSR count). The monoisotopic (exact) mass is 289 g/mol. The van der Waals surface area contributed by atoms with Gasteiger partial charge in [0, 0.05) is 25.1 Å². The number of hydrogen-bond acceptors (Lipinski definition) is 4. The first-order valence-corrected chi connectivity index (χ1v) is 7.37. The normalized spacial score (nSPS) is 20.4. The molecule has 1 aromatic rings. The Morgan fingerprint density at radius 2 is 2.22 bits per heavy atom. The Morgan fingerprint density at radius 1 is 1.50 bits per heavy atom. The minimum absolute atomic E-state index is 0.154. The van der Waals surface area contributed by atoms with Crippen LogP contribution in [0.1, 0.15) is 6.42 Å². The fourth-order valence-electron chi connectivity index (χ4n) is 1.97. The Hall–Kier alpha value is -1.18. The first-order chi connectivity index (χ1) is 8.35. The molecule has 2 N–H and O–H groups in total. The van der Waals surface area contributed by atoms with Gasteiger partial charge in [0.15, 0.2) is 0 Å². The van der Waals surface area contributed by atoms with Gasteiger partial charge >= 0.3 is 0 Å². The number of primary sulfonamides is 1. The third kappa shape index (κ3) is 3.18. The van der Waals surface area contributed by atoms with Crippen LogP contribution in [0.4, 0.5) is 5.82 Å². The molecule has 1 amide bonds. The van der Waals surface area contributed by atoms with Crippen molar-refractivity contribution >= 4 is 33.3 Å². The van der Waals surface area contributed by atoms with Gasteiger partial charge < -0.3 is 0 Å². The van der Waals surface area contributed by atoms with E-state index in [1.165, 1.54) is 11.1 Å². The van der Waals surface area contributed by atoms with Crippen LogP contribution in [0.15, 0.2) is 18.3 Å². The SMILES string of the molecule is NS(=O)(=O)CC1CC(=O)N(c2ccc(Cl)cn2)C1. The topological polar surface area (TPSA) is 93.4 Å². The smallest absolute Gasteiger partial charge is 0.228 e. The average molecular weight is 290 g/mol. The molecule has 0 radical (unpaired) electrons. The van der Waals surface area contributed by atoms with Crippen LogP contribution >= 0.6 is 11.6 Å². The highest BCUT2D eigenvalue weighted by molar-refractivity contribution is 7.89. The van der Waals surface area contributed by atoms with E-state index in [4.69, 9.17) is 16.7 Å². The van der Waals surface area contributed by atoms with Crippen molar-refractivity contribution in [3.8, 4) is 0 Å². The highest BCUT2D eigenvalue weighted by Gasteiger charge is 2.33. The van der Waals surface area contributed by atoms with E-state index in [1.807, 2.05) is 0 Å². The number of nitrogens with two attached hydrogens (primary N) is 1. The standard InChI is InChI=1S/C10H12ClN3O3S/c11-8-1-2-9(13-4-8)14-5-7(3-10(14)15)6-18(12,16)17/h1-2,4,7H,3,5-6H2,(H2,12,16,17). The fourth-order valence-corrected chi connectivity index (χ4v) is 2.96. The Balaban J connectivity index is 2.12. The van der Waals surface area contributed by atoms with Crippen LogP contribution in [0, 0.1) is 5.92 Å². The van der Waals surface area contributed by atoms with Gasteiger partial charge in [0.25, 0.3) is 0 Å². The van der Waals surface area contributed by atoms with E-state index in [1.54, 1.807) is 12.1 Å². The summed E-state index contributed by atoms with van der Waals surface area (Å²) in [5.74, 6) is -0.159. The number of anilines is 1. The van der Waals surface area contributed by atoms with Crippen molar-refractivity contribution < 1.29 is 13.2 Å². The molecule has 1 atom stereocenters. The number of carbonyl (C=O) groups is 1. The van der Waals surface area contributed by atoms with Gasteiger partial charge in [-0.1, -0.05) is 11.6 Å². The maximum Gasteiger partial charge on any atom is 0.228 e. The van der Waals surface area contributed by atoms with E-state index < -0.39 is 10.0 Å². The Bertz CT molecular complexity index is 558. The zero-order valence-electron chi connectivity index (χ0n) is 9.41. The lowest BCUT2D eigenvalue weighted by Crippen LogP contribution is -2.28. The first kappa shape index (κ1) is 13.3. The van der Waals surface area contributed by atoms with Crippen molar-refractivity contribution in [1.82, 2.24) is 4.98 Å². The number of carbonyl (C=O) groups excluding carboxylic acids is 1. The molecule has 18 heavy (non-hydrogen) atoms. The molecule has 98 valence electrons. The largest absolute Gasteiger partial charge is 0.296 e. The van der Waals surface area contributed by atoms with Crippen LogP contribution in [0.3, 0.4) is 0 Å². The molecular weight excluding hydrogens is 278 g/mol. The van der Waals surface area contributed by atoms with Crippen LogP contribution in [-0.2, 0) is 14.8 Å². The molecule has 0 saturated carbocycles. The van der Waals surface area contributed by atoms with Gasteiger partial charge in [0.2, 0.25) is 15.9 Å². The molecule has 1 unspecified atom stereocenters. The number of aromatic nitrogens is 1. The van der Waals surface area contributed by atoms with Crippen LogP contribution < -0.4 is 10.0 Å². The lowest BCUT2D eigenvalue weighted by molar-refractivity contribution is -0.117. The van der Waals surface area contributed by atoms with E-state index in [2.05, 4.69) is 4.98 Å². The van der Waals surface area contributed by atoms with E-state index in [0.717, 1.165) is 0 Å². The maximum absolute atomic E-state index is 11.8. The molecule has 2 heterocycles.